The molecule has 0 bridgehead atoms. The van der Waals surface area contributed by atoms with Crippen LogP contribution in [0.5, 0.6) is 0 Å². The smallest absolute Gasteiger partial charge is 0.323 e. The Morgan fingerprint density at radius 2 is 2.05 bits per heavy atom. The van der Waals surface area contributed by atoms with E-state index in [0.29, 0.717) is 6.42 Å². The topological polar surface area (TPSA) is 64.3 Å². The molecule has 3 N–H and O–H groups in total. The summed E-state index contributed by atoms with van der Waals surface area (Å²) in [5, 5.41) is 3.31. The Kier molecular flexibility index (Phi) is 8.97. The lowest BCUT2D eigenvalue weighted by Crippen LogP contribution is -2.32. The molecule has 0 radical (unpaired) electrons. The van der Waals surface area contributed by atoms with Crippen molar-refractivity contribution in [1.29, 1.82) is 0 Å². The van der Waals surface area contributed by atoms with E-state index in [1.165, 1.54) is 6.08 Å². The Morgan fingerprint density at radius 3 is 2.60 bits per heavy atom. The van der Waals surface area contributed by atoms with Crippen LogP contribution >= 0.6 is 0 Å². The van der Waals surface area contributed by atoms with Gasteiger partial charge in [-0.05, 0) is 31.1 Å². The van der Waals surface area contributed by atoms with Crippen molar-refractivity contribution >= 4 is 5.97 Å². The van der Waals surface area contributed by atoms with Gasteiger partial charge in [0, 0.05) is 12.2 Å². The maximum atomic E-state index is 11.4. The van der Waals surface area contributed by atoms with Gasteiger partial charge in [-0.2, -0.15) is 0 Å². The Bertz CT molecular complexity index is 319. The van der Waals surface area contributed by atoms with E-state index in [1.807, 2.05) is 0 Å². The van der Waals surface area contributed by atoms with Crippen LogP contribution in [-0.4, -0.2) is 25.2 Å². The first-order valence-electron chi connectivity index (χ1n) is 7.21. The monoisotopic (exact) mass is 282 g/mol. The molecule has 0 aliphatic rings. The van der Waals surface area contributed by atoms with Gasteiger partial charge >= 0.3 is 5.97 Å². The zero-order chi connectivity index (χ0) is 15.6. The number of rotatable bonds is 10. The van der Waals surface area contributed by atoms with Crippen LogP contribution in [0, 0.1) is 5.41 Å². The minimum atomic E-state index is -0.535. The first-order valence-corrected chi connectivity index (χ1v) is 7.21. The molecule has 0 aromatic carbocycles. The number of nitrogens with one attached hydrogen (secondary N) is 1. The van der Waals surface area contributed by atoms with Gasteiger partial charge in [-0.25, -0.2) is 0 Å². The third kappa shape index (κ3) is 10.6. The molecule has 0 aromatic rings. The summed E-state index contributed by atoms with van der Waals surface area (Å²) in [7, 11) is 0. The maximum Gasteiger partial charge on any atom is 0.323 e. The normalized spacial score (nSPS) is 12.6. The Balaban J connectivity index is 3.64. The molecule has 0 amide bonds. The predicted molar refractivity (Wildman–Crippen MR) is 84.2 cm³/mol. The molecule has 116 valence electrons. The number of ether oxygens (including phenoxy) is 1. The van der Waals surface area contributed by atoms with Crippen molar-refractivity contribution in [3.63, 3.8) is 0 Å². The minimum Gasteiger partial charge on any atom is -0.460 e. The van der Waals surface area contributed by atoms with Crippen LogP contribution in [0.3, 0.4) is 0 Å². The van der Waals surface area contributed by atoms with Crippen molar-refractivity contribution in [1.82, 2.24) is 5.32 Å². The van der Waals surface area contributed by atoms with E-state index in [2.05, 4.69) is 39.2 Å². The van der Waals surface area contributed by atoms with Crippen LogP contribution in [-0.2, 0) is 9.53 Å². The summed E-state index contributed by atoms with van der Waals surface area (Å²) in [5.41, 5.74) is 7.05. The SMILES string of the molecule is C=CCOC(=O)C(N)CCCCNC(=C)CC(C)(C)C. The van der Waals surface area contributed by atoms with E-state index >= 15 is 0 Å². The maximum absolute atomic E-state index is 11.4. The first-order chi connectivity index (χ1) is 9.26. The third-order valence-corrected chi connectivity index (χ3v) is 2.71. The van der Waals surface area contributed by atoms with Crippen molar-refractivity contribution in [2.24, 2.45) is 11.1 Å². The van der Waals surface area contributed by atoms with E-state index in [-0.39, 0.29) is 18.0 Å². The number of nitrogens with two attached hydrogens (primary N) is 1. The highest BCUT2D eigenvalue weighted by atomic mass is 16.5. The second-order valence-electron chi connectivity index (χ2n) is 6.29. The second-order valence-corrected chi connectivity index (χ2v) is 6.29. The highest BCUT2D eigenvalue weighted by Gasteiger charge is 2.14. The van der Waals surface area contributed by atoms with Crippen molar-refractivity contribution in [3.8, 4) is 0 Å². The second kappa shape index (κ2) is 9.59. The average molecular weight is 282 g/mol. The fraction of sp³-hybridized carbons (Fsp3) is 0.688. The standard InChI is InChI=1S/C16H30N2O2/c1-6-11-20-15(19)14(17)9-7-8-10-18-13(2)12-16(3,4)5/h6,14,18H,1-2,7-12,17H2,3-5H3. The summed E-state index contributed by atoms with van der Waals surface area (Å²) < 4.78 is 4.89. The molecule has 1 unspecified atom stereocenters. The highest BCUT2D eigenvalue weighted by Crippen LogP contribution is 2.21. The minimum absolute atomic E-state index is 0.223. The molecule has 0 aliphatic carbocycles. The Morgan fingerprint density at radius 1 is 1.40 bits per heavy atom. The van der Waals surface area contributed by atoms with Crippen LogP contribution in [0.15, 0.2) is 24.9 Å². The number of esters is 1. The Hall–Kier alpha value is -1.29. The van der Waals surface area contributed by atoms with Crippen LogP contribution < -0.4 is 11.1 Å². The van der Waals surface area contributed by atoms with E-state index < -0.39 is 6.04 Å². The van der Waals surface area contributed by atoms with Gasteiger partial charge in [-0.1, -0.05) is 40.0 Å². The van der Waals surface area contributed by atoms with Gasteiger partial charge in [0.25, 0.3) is 0 Å². The zero-order valence-electron chi connectivity index (χ0n) is 13.2. The summed E-state index contributed by atoms with van der Waals surface area (Å²) in [6.07, 6.45) is 4.99. The lowest BCUT2D eigenvalue weighted by Gasteiger charge is -2.20. The molecule has 0 heterocycles. The van der Waals surface area contributed by atoms with Crippen LogP contribution in [0.4, 0.5) is 0 Å². The van der Waals surface area contributed by atoms with Crippen molar-refractivity contribution < 1.29 is 9.53 Å². The number of carbonyl (C=O) groups excluding carboxylic acids is 1. The predicted octanol–water partition coefficient (Wildman–Crippen LogP) is 2.75. The van der Waals surface area contributed by atoms with Gasteiger partial charge in [0.05, 0.1) is 0 Å². The largest absolute Gasteiger partial charge is 0.460 e. The lowest BCUT2D eigenvalue weighted by molar-refractivity contribution is -0.144. The fourth-order valence-corrected chi connectivity index (χ4v) is 1.82. The van der Waals surface area contributed by atoms with E-state index in [4.69, 9.17) is 10.5 Å². The van der Waals surface area contributed by atoms with Crippen LogP contribution in [0.1, 0.15) is 46.5 Å². The molecular formula is C16H30N2O2. The Labute approximate surface area is 123 Å². The molecule has 0 rings (SSSR count). The number of hydrogen-bond acceptors (Lipinski definition) is 4. The summed E-state index contributed by atoms with van der Waals surface area (Å²) >= 11 is 0. The van der Waals surface area contributed by atoms with Crippen LogP contribution in [0.25, 0.3) is 0 Å². The fourth-order valence-electron chi connectivity index (χ4n) is 1.82. The molecule has 4 heteroatoms. The number of hydrogen-bond donors (Lipinski definition) is 2. The van der Waals surface area contributed by atoms with E-state index in [9.17, 15) is 4.79 Å². The van der Waals surface area contributed by atoms with Gasteiger partial charge < -0.3 is 15.8 Å². The summed E-state index contributed by atoms with van der Waals surface area (Å²) in [5.74, 6) is -0.352. The lowest BCUT2D eigenvalue weighted by atomic mass is 9.91. The summed E-state index contributed by atoms with van der Waals surface area (Å²) in [6.45, 7) is 15.2. The third-order valence-electron chi connectivity index (χ3n) is 2.71. The van der Waals surface area contributed by atoms with Gasteiger partial charge in [-0.15, -0.1) is 0 Å². The van der Waals surface area contributed by atoms with E-state index in [1.54, 1.807) is 0 Å². The molecule has 1 atom stereocenters. The quantitative estimate of drug-likeness (QED) is 0.367. The molecule has 0 fully saturated rings. The highest BCUT2D eigenvalue weighted by molar-refractivity contribution is 5.75. The van der Waals surface area contributed by atoms with Crippen molar-refractivity contribution in [2.45, 2.75) is 52.5 Å². The number of allylic oxidation sites excluding steroid dienone is 1. The summed E-state index contributed by atoms with van der Waals surface area (Å²) in [6, 6.07) is -0.535. The summed E-state index contributed by atoms with van der Waals surface area (Å²) in [4.78, 5) is 11.4. The van der Waals surface area contributed by atoms with Gasteiger partial charge in [0.2, 0.25) is 0 Å². The molecular weight excluding hydrogens is 252 g/mol. The van der Waals surface area contributed by atoms with Gasteiger partial charge in [-0.3, -0.25) is 4.79 Å². The number of carbonyl (C=O) groups is 1. The first kappa shape index (κ1) is 18.7. The van der Waals surface area contributed by atoms with Gasteiger partial charge in [0.15, 0.2) is 0 Å². The molecule has 0 saturated carbocycles. The van der Waals surface area contributed by atoms with E-state index in [0.717, 1.165) is 31.5 Å². The molecule has 0 spiro atoms. The zero-order valence-corrected chi connectivity index (χ0v) is 13.2. The molecule has 0 saturated heterocycles. The molecule has 0 aliphatic heterocycles. The molecule has 20 heavy (non-hydrogen) atoms. The van der Waals surface area contributed by atoms with Crippen molar-refractivity contribution in [2.75, 3.05) is 13.2 Å². The molecule has 4 nitrogen and oxygen atoms in total. The molecule has 0 aromatic heterocycles. The van der Waals surface area contributed by atoms with Crippen molar-refractivity contribution in [3.05, 3.63) is 24.9 Å². The van der Waals surface area contributed by atoms with Gasteiger partial charge in [0.1, 0.15) is 12.6 Å². The number of unbranched alkanes of at least 4 members (excludes halogenated alkanes) is 1. The van der Waals surface area contributed by atoms with Crippen LogP contribution in [0.2, 0.25) is 0 Å². The average Bonchev–Trinajstić information content (AvgIpc) is 2.32.